The summed E-state index contributed by atoms with van der Waals surface area (Å²) in [5, 5.41) is 0. The van der Waals surface area contributed by atoms with Gasteiger partial charge in [0.25, 0.3) is 0 Å². The molecule has 2 nitrogen and oxygen atoms in total. The zero-order valence-corrected chi connectivity index (χ0v) is 13.3. The molecule has 1 saturated heterocycles. The molecule has 1 aliphatic heterocycles. The number of piperidine rings is 1. The zero-order valence-electron chi connectivity index (χ0n) is 13.3. The molecule has 1 heterocycles. The standard InChI is InChI=1S/C20H24N2/c1-17(18-10-4-2-5-11-18)21-16-19-12-6-7-13-20(19)22-14-8-3-9-15-22/h2,4-7,10-13,16-17H,3,8-9,14-15H2,1H3/b21-16+/t17-/m1/s1. The van der Waals surface area contributed by atoms with Gasteiger partial charge >= 0.3 is 0 Å². The first-order valence-corrected chi connectivity index (χ1v) is 8.27. The molecule has 0 aromatic heterocycles. The first kappa shape index (κ1) is 14.8. The third-order valence-electron chi connectivity index (χ3n) is 4.35. The van der Waals surface area contributed by atoms with Crippen LogP contribution in [-0.2, 0) is 0 Å². The fourth-order valence-corrected chi connectivity index (χ4v) is 3.03. The molecule has 0 spiro atoms. The van der Waals surface area contributed by atoms with Crippen molar-refractivity contribution in [2.24, 2.45) is 4.99 Å². The van der Waals surface area contributed by atoms with E-state index in [9.17, 15) is 0 Å². The van der Waals surface area contributed by atoms with E-state index in [1.54, 1.807) is 0 Å². The monoisotopic (exact) mass is 292 g/mol. The summed E-state index contributed by atoms with van der Waals surface area (Å²) in [6.45, 7) is 4.48. The Hall–Kier alpha value is -2.09. The number of hydrogen-bond donors (Lipinski definition) is 0. The van der Waals surface area contributed by atoms with Crippen molar-refractivity contribution >= 4 is 11.9 Å². The van der Waals surface area contributed by atoms with Gasteiger partial charge in [0, 0.05) is 30.6 Å². The summed E-state index contributed by atoms with van der Waals surface area (Å²) in [6.07, 6.45) is 6.00. The van der Waals surface area contributed by atoms with Crippen LogP contribution in [-0.4, -0.2) is 19.3 Å². The van der Waals surface area contributed by atoms with Crippen LogP contribution in [0.2, 0.25) is 0 Å². The second-order valence-corrected chi connectivity index (χ2v) is 5.97. The second-order valence-electron chi connectivity index (χ2n) is 5.97. The molecule has 3 rings (SSSR count). The molecular formula is C20H24N2. The van der Waals surface area contributed by atoms with E-state index in [2.05, 4.69) is 60.4 Å². The van der Waals surface area contributed by atoms with Crippen LogP contribution in [0.3, 0.4) is 0 Å². The average molecular weight is 292 g/mol. The Kier molecular flexibility index (Phi) is 4.89. The van der Waals surface area contributed by atoms with E-state index in [0.29, 0.717) is 0 Å². The fourth-order valence-electron chi connectivity index (χ4n) is 3.03. The molecule has 0 saturated carbocycles. The predicted octanol–water partition coefficient (Wildman–Crippen LogP) is 4.86. The maximum Gasteiger partial charge on any atom is 0.0721 e. The molecule has 2 aromatic rings. The van der Waals surface area contributed by atoms with Crippen molar-refractivity contribution in [3.8, 4) is 0 Å². The second kappa shape index (κ2) is 7.26. The van der Waals surface area contributed by atoms with Crippen molar-refractivity contribution in [2.45, 2.75) is 32.2 Å². The molecule has 0 amide bonds. The Balaban J connectivity index is 1.78. The van der Waals surface area contributed by atoms with Crippen LogP contribution in [0.25, 0.3) is 0 Å². The van der Waals surface area contributed by atoms with E-state index in [1.165, 1.54) is 49.2 Å². The molecule has 1 fully saturated rings. The highest BCUT2D eigenvalue weighted by molar-refractivity contribution is 5.88. The largest absolute Gasteiger partial charge is 0.371 e. The molecule has 22 heavy (non-hydrogen) atoms. The normalized spacial score (nSPS) is 16.9. The topological polar surface area (TPSA) is 15.6 Å². The van der Waals surface area contributed by atoms with Gasteiger partial charge in [0.05, 0.1) is 6.04 Å². The summed E-state index contributed by atoms with van der Waals surface area (Å²) in [7, 11) is 0. The van der Waals surface area contributed by atoms with E-state index in [0.717, 1.165) is 0 Å². The van der Waals surface area contributed by atoms with Gasteiger partial charge in [-0.2, -0.15) is 0 Å². The minimum absolute atomic E-state index is 0.190. The van der Waals surface area contributed by atoms with Crippen LogP contribution in [0.4, 0.5) is 5.69 Å². The van der Waals surface area contributed by atoms with E-state index in [1.807, 2.05) is 12.3 Å². The van der Waals surface area contributed by atoms with Gasteiger partial charge < -0.3 is 4.90 Å². The molecule has 0 unspecified atom stereocenters. The van der Waals surface area contributed by atoms with Gasteiger partial charge in [-0.05, 0) is 37.8 Å². The van der Waals surface area contributed by atoms with Crippen LogP contribution < -0.4 is 4.90 Å². The Morgan fingerprint density at radius 2 is 1.59 bits per heavy atom. The molecule has 0 N–H and O–H groups in total. The van der Waals surface area contributed by atoms with Crippen LogP contribution in [0.5, 0.6) is 0 Å². The Labute approximate surface area is 133 Å². The first-order valence-electron chi connectivity index (χ1n) is 8.27. The number of nitrogens with zero attached hydrogens (tertiary/aromatic N) is 2. The molecular weight excluding hydrogens is 268 g/mol. The minimum Gasteiger partial charge on any atom is -0.371 e. The van der Waals surface area contributed by atoms with E-state index in [-0.39, 0.29) is 6.04 Å². The van der Waals surface area contributed by atoms with Gasteiger partial charge in [-0.25, -0.2) is 0 Å². The SMILES string of the molecule is C[C@@H](/N=C/c1ccccc1N1CCCCC1)c1ccccc1. The van der Waals surface area contributed by atoms with Crippen LogP contribution in [0, 0.1) is 0 Å². The van der Waals surface area contributed by atoms with Gasteiger partial charge in [0.1, 0.15) is 0 Å². The maximum atomic E-state index is 4.77. The quantitative estimate of drug-likeness (QED) is 0.735. The van der Waals surface area contributed by atoms with Crippen molar-refractivity contribution in [1.29, 1.82) is 0 Å². The number of benzene rings is 2. The summed E-state index contributed by atoms with van der Waals surface area (Å²) in [6, 6.07) is 19.3. The summed E-state index contributed by atoms with van der Waals surface area (Å²) in [4.78, 5) is 7.27. The van der Waals surface area contributed by atoms with Crippen molar-refractivity contribution < 1.29 is 0 Å². The molecule has 0 aliphatic carbocycles. The zero-order chi connectivity index (χ0) is 15.2. The summed E-state index contributed by atoms with van der Waals surface area (Å²) in [5.74, 6) is 0. The van der Waals surface area contributed by atoms with Crippen molar-refractivity contribution in [3.05, 3.63) is 65.7 Å². The third kappa shape index (κ3) is 3.56. The minimum atomic E-state index is 0.190. The third-order valence-corrected chi connectivity index (χ3v) is 4.35. The molecule has 2 aromatic carbocycles. The molecule has 1 aliphatic rings. The van der Waals surface area contributed by atoms with Crippen molar-refractivity contribution in [3.63, 3.8) is 0 Å². The van der Waals surface area contributed by atoms with Crippen molar-refractivity contribution in [1.82, 2.24) is 0 Å². The number of para-hydroxylation sites is 1. The number of anilines is 1. The highest BCUT2D eigenvalue weighted by atomic mass is 15.1. The lowest BCUT2D eigenvalue weighted by atomic mass is 10.1. The van der Waals surface area contributed by atoms with E-state index < -0.39 is 0 Å². The first-order chi connectivity index (χ1) is 10.8. The smallest absolute Gasteiger partial charge is 0.0721 e. The van der Waals surface area contributed by atoms with Crippen LogP contribution in [0.1, 0.15) is 43.4 Å². The van der Waals surface area contributed by atoms with E-state index in [4.69, 9.17) is 4.99 Å². The predicted molar refractivity (Wildman–Crippen MR) is 95.0 cm³/mol. The molecule has 2 heteroatoms. The molecule has 114 valence electrons. The lowest BCUT2D eigenvalue weighted by Gasteiger charge is -2.30. The number of aliphatic imine (C=N–C) groups is 1. The molecule has 1 atom stereocenters. The Morgan fingerprint density at radius 1 is 0.909 bits per heavy atom. The Morgan fingerprint density at radius 3 is 2.36 bits per heavy atom. The summed E-state index contributed by atoms with van der Waals surface area (Å²) in [5.41, 5.74) is 3.81. The van der Waals surface area contributed by atoms with E-state index >= 15 is 0 Å². The van der Waals surface area contributed by atoms with Gasteiger partial charge in [0.15, 0.2) is 0 Å². The van der Waals surface area contributed by atoms with Gasteiger partial charge in [-0.1, -0.05) is 48.5 Å². The fraction of sp³-hybridized carbons (Fsp3) is 0.350. The van der Waals surface area contributed by atoms with Crippen LogP contribution in [0.15, 0.2) is 59.6 Å². The number of rotatable bonds is 4. The van der Waals surface area contributed by atoms with Gasteiger partial charge in [0.2, 0.25) is 0 Å². The summed E-state index contributed by atoms with van der Waals surface area (Å²) >= 11 is 0. The lowest BCUT2D eigenvalue weighted by Crippen LogP contribution is -2.30. The highest BCUT2D eigenvalue weighted by Gasteiger charge is 2.13. The maximum absolute atomic E-state index is 4.77. The Bertz CT molecular complexity index is 613. The summed E-state index contributed by atoms with van der Waals surface area (Å²) < 4.78 is 0. The highest BCUT2D eigenvalue weighted by Crippen LogP contribution is 2.24. The molecule has 0 radical (unpaired) electrons. The molecule has 0 bridgehead atoms. The van der Waals surface area contributed by atoms with Crippen molar-refractivity contribution in [2.75, 3.05) is 18.0 Å². The van der Waals surface area contributed by atoms with Gasteiger partial charge in [-0.3, -0.25) is 4.99 Å². The van der Waals surface area contributed by atoms with Gasteiger partial charge in [-0.15, -0.1) is 0 Å². The average Bonchev–Trinajstić information content (AvgIpc) is 2.61. The number of hydrogen-bond acceptors (Lipinski definition) is 2. The lowest BCUT2D eigenvalue weighted by molar-refractivity contribution is 0.577. The van der Waals surface area contributed by atoms with Crippen LogP contribution >= 0.6 is 0 Å².